The smallest absolute Gasteiger partial charge is 0.105 e. The van der Waals surface area contributed by atoms with E-state index in [1.54, 1.807) is 0 Å². The summed E-state index contributed by atoms with van der Waals surface area (Å²) in [5, 5.41) is 5.70. The van der Waals surface area contributed by atoms with Gasteiger partial charge in [0.2, 0.25) is 0 Å². The summed E-state index contributed by atoms with van der Waals surface area (Å²) in [7, 11) is 0. The molecule has 1 N–H and O–H groups in total. The molecule has 1 atom stereocenters. The zero-order valence-electron chi connectivity index (χ0n) is 11.3. The largest absolute Gasteiger partial charge is 0.466 e. The maximum absolute atomic E-state index is 5.64. The Balaban J connectivity index is 2.05. The van der Waals surface area contributed by atoms with Crippen molar-refractivity contribution >= 4 is 11.3 Å². The molecular formula is C15H21NOS. The monoisotopic (exact) mass is 263 g/mol. The molecule has 0 aliphatic heterocycles. The average molecular weight is 263 g/mol. The molecule has 3 heteroatoms. The van der Waals surface area contributed by atoms with E-state index < -0.39 is 0 Å². The first-order valence-electron chi connectivity index (χ1n) is 6.53. The molecule has 0 aromatic carbocycles. The van der Waals surface area contributed by atoms with Crippen LogP contribution in [0.2, 0.25) is 0 Å². The van der Waals surface area contributed by atoms with Crippen LogP contribution < -0.4 is 5.32 Å². The van der Waals surface area contributed by atoms with Crippen molar-refractivity contribution in [1.82, 2.24) is 5.32 Å². The highest BCUT2D eigenvalue weighted by Gasteiger charge is 2.16. The normalized spacial score (nSPS) is 12.8. The van der Waals surface area contributed by atoms with Crippen molar-refractivity contribution in [1.29, 1.82) is 0 Å². The van der Waals surface area contributed by atoms with Crippen LogP contribution in [0.1, 0.15) is 41.3 Å². The molecular weight excluding hydrogens is 242 g/mol. The molecule has 0 radical (unpaired) electrons. The second-order valence-electron chi connectivity index (χ2n) is 4.60. The quantitative estimate of drug-likeness (QED) is 0.843. The van der Waals surface area contributed by atoms with E-state index in [1.807, 2.05) is 18.3 Å². The van der Waals surface area contributed by atoms with Gasteiger partial charge < -0.3 is 9.73 Å². The van der Waals surface area contributed by atoms with Crippen molar-refractivity contribution in [3.63, 3.8) is 0 Å². The molecule has 18 heavy (non-hydrogen) atoms. The summed E-state index contributed by atoms with van der Waals surface area (Å²) in [5.41, 5.74) is 1.31. The maximum atomic E-state index is 5.64. The molecule has 2 rings (SSSR count). The third-order valence-electron chi connectivity index (χ3n) is 3.16. The van der Waals surface area contributed by atoms with Crippen LogP contribution >= 0.6 is 11.3 Å². The minimum atomic E-state index is 0.398. The number of thiophene rings is 1. The third-order valence-corrected chi connectivity index (χ3v) is 4.10. The van der Waals surface area contributed by atoms with Crippen molar-refractivity contribution in [3.8, 4) is 0 Å². The number of hydrogen-bond donors (Lipinski definition) is 1. The average Bonchev–Trinajstić information content (AvgIpc) is 2.94. The van der Waals surface area contributed by atoms with Crippen LogP contribution in [0.4, 0.5) is 0 Å². The molecule has 0 saturated carbocycles. The SMILES string of the molecule is CCNC(CCc1cccs1)c1cc(C)oc1C. The van der Waals surface area contributed by atoms with Gasteiger partial charge in [0, 0.05) is 16.5 Å². The summed E-state index contributed by atoms with van der Waals surface area (Å²) in [6, 6.07) is 6.89. The van der Waals surface area contributed by atoms with Crippen LogP contribution in [0.25, 0.3) is 0 Å². The highest BCUT2D eigenvalue weighted by Crippen LogP contribution is 2.26. The van der Waals surface area contributed by atoms with E-state index in [2.05, 4.69) is 42.7 Å². The van der Waals surface area contributed by atoms with Crippen molar-refractivity contribution < 1.29 is 4.42 Å². The standard InChI is InChI=1S/C15H21NOS/c1-4-16-15(8-7-13-6-5-9-18-13)14-10-11(2)17-12(14)3/h5-6,9-10,15-16H,4,7-8H2,1-3H3. The Morgan fingerprint density at radius 3 is 2.78 bits per heavy atom. The summed E-state index contributed by atoms with van der Waals surface area (Å²) < 4.78 is 5.64. The third kappa shape index (κ3) is 3.24. The molecule has 0 spiro atoms. The van der Waals surface area contributed by atoms with Crippen molar-refractivity contribution in [3.05, 3.63) is 45.5 Å². The molecule has 0 saturated heterocycles. The molecule has 2 aromatic heterocycles. The highest BCUT2D eigenvalue weighted by molar-refractivity contribution is 7.09. The molecule has 0 aliphatic carbocycles. The van der Waals surface area contributed by atoms with Crippen LogP contribution in [-0.4, -0.2) is 6.54 Å². The fourth-order valence-electron chi connectivity index (χ4n) is 2.35. The molecule has 0 fully saturated rings. The van der Waals surface area contributed by atoms with E-state index in [1.165, 1.54) is 10.4 Å². The van der Waals surface area contributed by atoms with Crippen LogP contribution in [0.3, 0.4) is 0 Å². The Hall–Kier alpha value is -1.06. The van der Waals surface area contributed by atoms with Gasteiger partial charge in [0.25, 0.3) is 0 Å². The van der Waals surface area contributed by atoms with Crippen molar-refractivity contribution in [2.45, 2.75) is 39.7 Å². The summed E-state index contributed by atoms with van der Waals surface area (Å²) in [6.07, 6.45) is 2.24. The Labute approximate surface area is 113 Å². The molecule has 2 heterocycles. The predicted molar refractivity (Wildman–Crippen MR) is 77.2 cm³/mol. The van der Waals surface area contributed by atoms with E-state index in [0.717, 1.165) is 30.9 Å². The van der Waals surface area contributed by atoms with Gasteiger partial charge in [-0.25, -0.2) is 0 Å². The zero-order chi connectivity index (χ0) is 13.0. The molecule has 2 aromatic rings. The lowest BCUT2D eigenvalue weighted by atomic mass is 10.0. The first-order valence-corrected chi connectivity index (χ1v) is 7.41. The Bertz CT molecular complexity index is 473. The summed E-state index contributed by atoms with van der Waals surface area (Å²) in [6.45, 7) is 7.20. The topological polar surface area (TPSA) is 25.2 Å². The zero-order valence-corrected chi connectivity index (χ0v) is 12.1. The van der Waals surface area contributed by atoms with E-state index in [4.69, 9.17) is 4.42 Å². The second-order valence-corrected chi connectivity index (χ2v) is 5.63. The minimum Gasteiger partial charge on any atom is -0.466 e. The Morgan fingerprint density at radius 2 is 2.22 bits per heavy atom. The van der Waals surface area contributed by atoms with Crippen LogP contribution in [0.5, 0.6) is 0 Å². The fraction of sp³-hybridized carbons (Fsp3) is 0.467. The lowest BCUT2D eigenvalue weighted by molar-refractivity contribution is 0.475. The second kappa shape index (κ2) is 6.21. The molecule has 0 aliphatic rings. The fourth-order valence-corrected chi connectivity index (χ4v) is 3.08. The van der Waals surface area contributed by atoms with Gasteiger partial charge in [0.1, 0.15) is 11.5 Å². The van der Waals surface area contributed by atoms with Gasteiger partial charge in [0.15, 0.2) is 0 Å². The van der Waals surface area contributed by atoms with E-state index in [-0.39, 0.29) is 0 Å². The number of rotatable bonds is 6. The van der Waals surface area contributed by atoms with Gasteiger partial charge in [-0.1, -0.05) is 13.0 Å². The van der Waals surface area contributed by atoms with Crippen LogP contribution in [0, 0.1) is 13.8 Å². The highest BCUT2D eigenvalue weighted by atomic mass is 32.1. The molecule has 0 amide bonds. The Morgan fingerprint density at radius 1 is 1.39 bits per heavy atom. The number of furan rings is 1. The van der Waals surface area contributed by atoms with E-state index >= 15 is 0 Å². The number of nitrogens with one attached hydrogen (secondary N) is 1. The molecule has 0 bridgehead atoms. The van der Waals surface area contributed by atoms with Crippen LogP contribution in [0.15, 0.2) is 28.0 Å². The first kappa shape index (κ1) is 13.4. The van der Waals surface area contributed by atoms with Gasteiger partial charge >= 0.3 is 0 Å². The maximum Gasteiger partial charge on any atom is 0.105 e. The summed E-state index contributed by atoms with van der Waals surface area (Å²) in [5.74, 6) is 2.05. The van der Waals surface area contributed by atoms with Gasteiger partial charge in [-0.3, -0.25) is 0 Å². The predicted octanol–water partition coefficient (Wildman–Crippen LogP) is 4.24. The summed E-state index contributed by atoms with van der Waals surface area (Å²) >= 11 is 1.84. The van der Waals surface area contributed by atoms with Gasteiger partial charge in [0.05, 0.1) is 0 Å². The van der Waals surface area contributed by atoms with Gasteiger partial charge in [-0.2, -0.15) is 0 Å². The van der Waals surface area contributed by atoms with Crippen molar-refractivity contribution in [2.24, 2.45) is 0 Å². The lowest BCUT2D eigenvalue weighted by Crippen LogP contribution is -2.21. The van der Waals surface area contributed by atoms with E-state index in [9.17, 15) is 0 Å². The molecule has 98 valence electrons. The molecule has 2 nitrogen and oxygen atoms in total. The number of hydrogen-bond acceptors (Lipinski definition) is 3. The Kier molecular flexibility index (Phi) is 4.61. The van der Waals surface area contributed by atoms with Gasteiger partial charge in [-0.05, 0) is 50.7 Å². The minimum absolute atomic E-state index is 0.398. The first-order chi connectivity index (χ1) is 8.70. The number of aryl methyl sites for hydroxylation is 3. The van der Waals surface area contributed by atoms with Crippen LogP contribution in [-0.2, 0) is 6.42 Å². The van der Waals surface area contributed by atoms with Crippen molar-refractivity contribution in [2.75, 3.05) is 6.54 Å². The lowest BCUT2D eigenvalue weighted by Gasteiger charge is -2.16. The van der Waals surface area contributed by atoms with E-state index in [0.29, 0.717) is 6.04 Å². The molecule has 1 unspecified atom stereocenters. The summed E-state index contributed by atoms with van der Waals surface area (Å²) in [4.78, 5) is 1.45. The van der Waals surface area contributed by atoms with Gasteiger partial charge in [-0.15, -0.1) is 11.3 Å².